The Balaban J connectivity index is 1.95. The molecule has 0 unspecified atom stereocenters. The van der Waals surface area contributed by atoms with Gasteiger partial charge in [0.2, 0.25) is 10.0 Å². The number of aryl methyl sites for hydroxylation is 1. The highest BCUT2D eigenvalue weighted by molar-refractivity contribution is 7.89. The SMILES string of the molecule is Cc1nc2ccc(S(=O)(=O)N3CCC[C@H](N)CC3)cc2s1. The fraction of sp³-hybridized carbons (Fsp3) is 0.500. The summed E-state index contributed by atoms with van der Waals surface area (Å²) < 4.78 is 28.0. The van der Waals surface area contributed by atoms with Crippen LogP contribution in [0.15, 0.2) is 23.1 Å². The summed E-state index contributed by atoms with van der Waals surface area (Å²) in [6, 6.07) is 5.29. The van der Waals surface area contributed by atoms with Gasteiger partial charge in [-0.3, -0.25) is 0 Å². The largest absolute Gasteiger partial charge is 0.328 e. The smallest absolute Gasteiger partial charge is 0.243 e. The summed E-state index contributed by atoms with van der Waals surface area (Å²) in [6.07, 6.45) is 2.43. The molecule has 2 aromatic rings. The summed E-state index contributed by atoms with van der Waals surface area (Å²) in [7, 11) is -3.43. The number of hydrogen-bond donors (Lipinski definition) is 1. The zero-order valence-corrected chi connectivity index (χ0v) is 13.6. The second-order valence-corrected chi connectivity index (χ2v) is 8.63. The maximum atomic E-state index is 12.8. The van der Waals surface area contributed by atoms with Crippen molar-refractivity contribution in [2.75, 3.05) is 13.1 Å². The maximum Gasteiger partial charge on any atom is 0.243 e. The monoisotopic (exact) mass is 325 g/mol. The van der Waals surface area contributed by atoms with Crippen LogP contribution in [0.1, 0.15) is 24.3 Å². The van der Waals surface area contributed by atoms with Crippen molar-refractivity contribution in [1.82, 2.24) is 9.29 Å². The van der Waals surface area contributed by atoms with Gasteiger partial charge in [0.25, 0.3) is 0 Å². The molecule has 1 aromatic carbocycles. The minimum Gasteiger partial charge on any atom is -0.328 e. The highest BCUT2D eigenvalue weighted by atomic mass is 32.2. The van der Waals surface area contributed by atoms with Crippen molar-refractivity contribution in [3.8, 4) is 0 Å². The van der Waals surface area contributed by atoms with Crippen LogP contribution in [0.25, 0.3) is 10.2 Å². The lowest BCUT2D eigenvalue weighted by molar-refractivity contribution is 0.421. The van der Waals surface area contributed by atoms with E-state index < -0.39 is 10.0 Å². The standard InChI is InChI=1S/C14H19N3O2S2/c1-10-16-13-5-4-12(9-14(13)20-10)21(18,19)17-7-2-3-11(15)6-8-17/h4-5,9,11H,2-3,6-8,15H2,1H3/t11-/m0/s1. The van der Waals surface area contributed by atoms with Crippen LogP contribution in [0.5, 0.6) is 0 Å². The first kappa shape index (κ1) is 14.9. The van der Waals surface area contributed by atoms with Gasteiger partial charge in [0, 0.05) is 19.1 Å². The average molecular weight is 325 g/mol. The van der Waals surface area contributed by atoms with Crippen molar-refractivity contribution in [2.24, 2.45) is 5.73 Å². The van der Waals surface area contributed by atoms with Crippen molar-refractivity contribution in [3.05, 3.63) is 23.2 Å². The minimum atomic E-state index is -3.43. The van der Waals surface area contributed by atoms with Crippen LogP contribution in [0, 0.1) is 6.92 Å². The van der Waals surface area contributed by atoms with Gasteiger partial charge in [-0.15, -0.1) is 11.3 Å². The summed E-state index contributed by atoms with van der Waals surface area (Å²) in [5.74, 6) is 0. The molecule has 2 N–H and O–H groups in total. The summed E-state index contributed by atoms with van der Waals surface area (Å²) in [6.45, 7) is 2.98. The second kappa shape index (κ2) is 5.64. The van der Waals surface area contributed by atoms with E-state index in [1.165, 1.54) is 11.3 Å². The molecule has 21 heavy (non-hydrogen) atoms. The Morgan fingerprint density at radius 2 is 2.14 bits per heavy atom. The summed E-state index contributed by atoms with van der Waals surface area (Å²) in [5, 5.41) is 0.945. The molecule has 1 aromatic heterocycles. The molecule has 0 saturated carbocycles. The Morgan fingerprint density at radius 3 is 2.95 bits per heavy atom. The van der Waals surface area contributed by atoms with Crippen LogP contribution in [-0.4, -0.2) is 36.8 Å². The number of aromatic nitrogens is 1. The van der Waals surface area contributed by atoms with Crippen molar-refractivity contribution in [1.29, 1.82) is 0 Å². The first-order valence-corrected chi connectivity index (χ1v) is 9.35. The van der Waals surface area contributed by atoms with Crippen molar-refractivity contribution < 1.29 is 8.42 Å². The minimum absolute atomic E-state index is 0.108. The van der Waals surface area contributed by atoms with Crippen LogP contribution >= 0.6 is 11.3 Å². The Kier molecular flexibility index (Phi) is 4.00. The Morgan fingerprint density at radius 1 is 1.33 bits per heavy atom. The van der Waals surface area contributed by atoms with E-state index in [1.54, 1.807) is 22.5 Å². The number of thiazole rings is 1. The second-order valence-electron chi connectivity index (χ2n) is 5.46. The fourth-order valence-corrected chi connectivity index (χ4v) is 5.13. The third-order valence-corrected chi connectivity index (χ3v) is 6.66. The Bertz CT molecular complexity index is 755. The van der Waals surface area contributed by atoms with E-state index >= 15 is 0 Å². The van der Waals surface area contributed by atoms with Gasteiger partial charge in [-0.25, -0.2) is 13.4 Å². The molecule has 3 rings (SSSR count). The first-order chi connectivity index (χ1) is 9.96. The quantitative estimate of drug-likeness (QED) is 0.917. The molecule has 0 amide bonds. The zero-order valence-electron chi connectivity index (χ0n) is 11.9. The van der Waals surface area contributed by atoms with E-state index in [2.05, 4.69) is 4.98 Å². The van der Waals surface area contributed by atoms with Gasteiger partial charge in [0.1, 0.15) is 0 Å². The molecule has 0 radical (unpaired) electrons. The molecule has 1 saturated heterocycles. The molecule has 1 atom stereocenters. The van der Waals surface area contributed by atoms with E-state index in [9.17, 15) is 8.42 Å². The molecule has 114 valence electrons. The predicted molar refractivity (Wildman–Crippen MR) is 84.9 cm³/mol. The molecule has 7 heteroatoms. The lowest BCUT2D eigenvalue weighted by Crippen LogP contribution is -2.32. The summed E-state index contributed by atoms with van der Waals surface area (Å²) >= 11 is 1.52. The molecular weight excluding hydrogens is 306 g/mol. The van der Waals surface area contributed by atoms with Crippen LogP contribution < -0.4 is 5.73 Å². The number of sulfonamides is 1. The molecule has 2 heterocycles. The normalized spacial score (nSPS) is 21.5. The van der Waals surface area contributed by atoms with Crippen LogP contribution in [0.4, 0.5) is 0 Å². The maximum absolute atomic E-state index is 12.8. The number of fused-ring (bicyclic) bond motifs is 1. The molecular formula is C14H19N3O2S2. The molecule has 0 spiro atoms. The number of hydrogen-bond acceptors (Lipinski definition) is 5. The van der Waals surface area contributed by atoms with Gasteiger partial charge in [0.05, 0.1) is 20.1 Å². The number of benzene rings is 1. The molecule has 1 aliphatic heterocycles. The highest BCUT2D eigenvalue weighted by Gasteiger charge is 2.27. The van der Waals surface area contributed by atoms with Crippen LogP contribution in [-0.2, 0) is 10.0 Å². The van der Waals surface area contributed by atoms with E-state index in [0.29, 0.717) is 18.0 Å². The van der Waals surface area contributed by atoms with E-state index in [-0.39, 0.29) is 6.04 Å². The fourth-order valence-electron chi connectivity index (χ4n) is 2.67. The van der Waals surface area contributed by atoms with E-state index in [4.69, 9.17) is 5.73 Å². The average Bonchev–Trinajstić information content (AvgIpc) is 2.66. The molecule has 0 bridgehead atoms. The van der Waals surface area contributed by atoms with Crippen molar-refractivity contribution in [2.45, 2.75) is 37.1 Å². The molecule has 5 nitrogen and oxygen atoms in total. The topological polar surface area (TPSA) is 76.3 Å². The van der Waals surface area contributed by atoms with Crippen molar-refractivity contribution in [3.63, 3.8) is 0 Å². The van der Waals surface area contributed by atoms with Gasteiger partial charge in [-0.1, -0.05) is 0 Å². The van der Waals surface area contributed by atoms with Crippen molar-refractivity contribution >= 4 is 31.6 Å². The predicted octanol–water partition coefficient (Wildman–Crippen LogP) is 2.11. The Hall–Kier alpha value is -1.02. The van der Waals surface area contributed by atoms with E-state index in [0.717, 1.165) is 34.5 Å². The van der Waals surface area contributed by atoms with Gasteiger partial charge in [0.15, 0.2) is 0 Å². The van der Waals surface area contributed by atoms with Gasteiger partial charge in [-0.05, 0) is 44.4 Å². The van der Waals surface area contributed by atoms with Crippen LogP contribution in [0.3, 0.4) is 0 Å². The number of nitrogens with zero attached hydrogens (tertiary/aromatic N) is 2. The van der Waals surface area contributed by atoms with Gasteiger partial charge in [-0.2, -0.15) is 4.31 Å². The lowest BCUT2D eigenvalue weighted by Gasteiger charge is -2.20. The lowest BCUT2D eigenvalue weighted by atomic mass is 10.1. The number of nitrogens with two attached hydrogens (primary N) is 1. The van der Waals surface area contributed by atoms with Gasteiger partial charge < -0.3 is 5.73 Å². The van der Waals surface area contributed by atoms with E-state index in [1.807, 2.05) is 6.92 Å². The Labute approximate surface area is 128 Å². The molecule has 1 aliphatic rings. The summed E-state index contributed by atoms with van der Waals surface area (Å²) in [5.41, 5.74) is 6.78. The third kappa shape index (κ3) is 2.96. The van der Waals surface area contributed by atoms with Crippen LogP contribution in [0.2, 0.25) is 0 Å². The third-order valence-electron chi connectivity index (χ3n) is 3.84. The highest BCUT2D eigenvalue weighted by Crippen LogP contribution is 2.27. The number of rotatable bonds is 2. The van der Waals surface area contributed by atoms with Gasteiger partial charge >= 0.3 is 0 Å². The molecule has 0 aliphatic carbocycles. The zero-order chi connectivity index (χ0) is 15.0. The first-order valence-electron chi connectivity index (χ1n) is 7.10. The summed E-state index contributed by atoms with van der Waals surface area (Å²) in [4.78, 5) is 4.72. The molecule has 1 fully saturated rings.